The third kappa shape index (κ3) is 6.04. The Hall–Kier alpha value is -0.460. The Balaban J connectivity index is 2.42. The molecule has 0 radical (unpaired) electrons. The van der Waals surface area contributed by atoms with Crippen LogP contribution in [0.2, 0.25) is 0 Å². The molecule has 124 valence electrons. The van der Waals surface area contributed by atoms with Crippen LogP contribution in [0.5, 0.6) is 0 Å². The van der Waals surface area contributed by atoms with Gasteiger partial charge in [0.05, 0.1) is 24.4 Å². The fourth-order valence-electron chi connectivity index (χ4n) is 2.64. The van der Waals surface area contributed by atoms with Crippen LogP contribution in [0.4, 0.5) is 0 Å². The molecular formula is C16H30O5. The van der Waals surface area contributed by atoms with E-state index in [9.17, 15) is 15.3 Å². The van der Waals surface area contributed by atoms with Crippen molar-refractivity contribution in [3.63, 3.8) is 0 Å². The average Bonchev–Trinajstić information content (AvgIpc) is 2.81. The summed E-state index contributed by atoms with van der Waals surface area (Å²) in [6.07, 6.45) is 0.0508. The van der Waals surface area contributed by atoms with Crippen molar-refractivity contribution in [1.82, 2.24) is 0 Å². The maximum atomic E-state index is 9.79. The van der Waals surface area contributed by atoms with Crippen molar-refractivity contribution in [3.05, 3.63) is 12.2 Å². The molecule has 0 aromatic rings. The van der Waals surface area contributed by atoms with E-state index in [0.29, 0.717) is 25.9 Å². The molecule has 6 atom stereocenters. The van der Waals surface area contributed by atoms with E-state index in [-0.39, 0.29) is 30.8 Å². The molecule has 1 heterocycles. The van der Waals surface area contributed by atoms with Gasteiger partial charge < -0.3 is 24.8 Å². The van der Waals surface area contributed by atoms with Crippen LogP contribution in [-0.4, -0.2) is 59.1 Å². The maximum absolute atomic E-state index is 9.79. The van der Waals surface area contributed by atoms with Gasteiger partial charge in [-0.3, -0.25) is 0 Å². The van der Waals surface area contributed by atoms with E-state index in [1.54, 1.807) is 6.92 Å². The Kier molecular flexibility index (Phi) is 7.84. The smallest absolute Gasteiger partial charge is 0.110 e. The summed E-state index contributed by atoms with van der Waals surface area (Å²) < 4.78 is 11.6. The minimum atomic E-state index is -0.619. The summed E-state index contributed by atoms with van der Waals surface area (Å²) in [6, 6.07) is 0. The lowest BCUT2D eigenvalue weighted by Gasteiger charge is -2.22. The molecule has 1 rings (SSSR count). The van der Waals surface area contributed by atoms with Crippen molar-refractivity contribution in [1.29, 1.82) is 0 Å². The summed E-state index contributed by atoms with van der Waals surface area (Å²) in [7, 11) is 0. The third-order valence-corrected chi connectivity index (χ3v) is 3.93. The second-order valence-electron chi connectivity index (χ2n) is 6.29. The topological polar surface area (TPSA) is 79.2 Å². The van der Waals surface area contributed by atoms with E-state index in [1.807, 2.05) is 13.8 Å². The second kappa shape index (κ2) is 8.86. The van der Waals surface area contributed by atoms with Crippen LogP contribution in [0.1, 0.15) is 40.0 Å². The maximum Gasteiger partial charge on any atom is 0.110 e. The van der Waals surface area contributed by atoms with Crippen LogP contribution < -0.4 is 0 Å². The Labute approximate surface area is 127 Å². The third-order valence-electron chi connectivity index (χ3n) is 3.93. The number of ether oxygens (including phenoxy) is 2. The second-order valence-corrected chi connectivity index (χ2v) is 6.29. The average molecular weight is 302 g/mol. The summed E-state index contributed by atoms with van der Waals surface area (Å²) >= 11 is 0. The van der Waals surface area contributed by atoms with Gasteiger partial charge in [0.25, 0.3) is 0 Å². The number of aliphatic hydroxyl groups is 3. The zero-order valence-electron chi connectivity index (χ0n) is 13.4. The molecule has 0 amide bonds. The molecule has 1 fully saturated rings. The van der Waals surface area contributed by atoms with Gasteiger partial charge in [0.15, 0.2) is 0 Å². The van der Waals surface area contributed by atoms with Gasteiger partial charge in [-0.1, -0.05) is 12.5 Å². The molecule has 1 aliphatic heterocycles. The molecule has 0 bridgehead atoms. The summed E-state index contributed by atoms with van der Waals surface area (Å²) in [5.74, 6) is 0.0221. The summed E-state index contributed by atoms with van der Waals surface area (Å²) in [4.78, 5) is 0. The summed E-state index contributed by atoms with van der Waals surface area (Å²) in [6.45, 7) is 9.75. The van der Waals surface area contributed by atoms with Crippen LogP contribution >= 0.6 is 0 Å². The zero-order chi connectivity index (χ0) is 16.0. The Morgan fingerprint density at radius 2 is 2.05 bits per heavy atom. The van der Waals surface area contributed by atoms with Crippen LogP contribution in [0.3, 0.4) is 0 Å². The molecular weight excluding hydrogens is 272 g/mol. The summed E-state index contributed by atoms with van der Waals surface area (Å²) in [5, 5.41) is 28.8. The highest BCUT2D eigenvalue weighted by Crippen LogP contribution is 2.30. The molecule has 1 saturated heterocycles. The van der Waals surface area contributed by atoms with Crippen LogP contribution in [-0.2, 0) is 9.47 Å². The van der Waals surface area contributed by atoms with Crippen molar-refractivity contribution in [3.8, 4) is 0 Å². The quantitative estimate of drug-likeness (QED) is 0.559. The van der Waals surface area contributed by atoms with Crippen molar-refractivity contribution in [2.45, 2.75) is 70.6 Å². The van der Waals surface area contributed by atoms with Gasteiger partial charge >= 0.3 is 0 Å². The number of rotatable bonds is 9. The van der Waals surface area contributed by atoms with Gasteiger partial charge in [-0.15, -0.1) is 6.58 Å². The molecule has 1 aliphatic rings. The molecule has 0 aromatic heterocycles. The van der Waals surface area contributed by atoms with Gasteiger partial charge in [0, 0.05) is 25.6 Å². The van der Waals surface area contributed by atoms with Gasteiger partial charge in [0.2, 0.25) is 0 Å². The van der Waals surface area contributed by atoms with Gasteiger partial charge in [-0.25, -0.2) is 0 Å². The lowest BCUT2D eigenvalue weighted by Crippen LogP contribution is -2.35. The molecule has 5 nitrogen and oxygen atoms in total. The SMILES string of the molecule is C=C(C)C[C@@H](O)CCOC1CC(C(C)CO)OC1C(C)O. The molecule has 0 aromatic carbocycles. The lowest BCUT2D eigenvalue weighted by atomic mass is 10.0. The first-order chi connectivity index (χ1) is 9.85. The predicted octanol–water partition coefficient (Wildman–Crippen LogP) is 1.26. The highest BCUT2D eigenvalue weighted by molar-refractivity contribution is 4.91. The standard InChI is InChI=1S/C16H30O5/c1-10(2)7-13(19)5-6-20-15-8-14(11(3)9-17)21-16(15)12(4)18/h11-19H,1,5-9H2,2-4H3/t11?,12?,13-,14?,15?,16?/m0/s1. The summed E-state index contributed by atoms with van der Waals surface area (Å²) in [5.41, 5.74) is 0.949. The highest BCUT2D eigenvalue weighted by atomic mass is 16.6. The number of hydrogen-bond acceptors (Lipinski definition) is 5. The fourth-order valence-corrected chi connectivity index (χ4v) is 2.64. The Bertz CT molecular complexity index is 318. The van der Waals surface area contributed by atoms with Crippen molar-refractivity contribution >= 4 is 0 Å². The van der Waals surface area contributed by atoms with Crippen molar-refractivity contribution in [2.24, 2.45) is 5.92 Å². The normalized spacial score (nSPS) is 30.1. The largest absolute Gasteiger partial charge is 0.396 e. The molecule has 0 saturated carbocycles. The van der Waals surface area contributed by atoms with E-state index < -0.39 is 12.2 Å². The number of aliphatic hydroxyl groups excluding tert-OH is 3. The lowest BCUT2D eigenvalue weighted by molar-refractivity contribution is -0.0895. The van der Waals surface area contributed by atoms with E-state index in [1.165, 1.54) is 0 Å². The Morgan fingerprint density at radius 3 is 2.57 bits per heavy atom. The van der Waals surface area contributed by atoms with Crippen molar-refractivity contribution < 1.29 is 24.8 Å². The number of hydrogen-bond donors (Lipinski definition) is 3. The van der Waals surface area contributed by atoms with Gasteiger partial charge in [-0.2, -0.15) is 0 Å². The van der Waals surface area contributed by atoms with E-state index in [4.69, 9.17) is 9.47 Å². The Morgan fingerprint density at radius 1 is 1.38 bits per heavy atom. The zero-order valence-corrected chi connectivity index (χ0v) is 13.4. The first-order valence-electron chi connectivity index (χ1n) is 7.73. The highest BCUT2D eigenvalue weighted by Gasteiger charge is 2.40. The minimum absolute atomic E-state index is 0.0221. The fraction of sp³-hybridized carbons (Fsp3) is 0.875. The predicted molar refractivity (Wildman–Crippen MR) is 81.0 cm³/mol. The van der Waals surface area contributed by atoms with Crippen LogP contribution in [0.25, 0.3) is 0 Å². The molecule has 5 heteroatoms. The van der Waals surface area contributed by atoms with Crippen LogP contribution in [0, 0.1) is 5.92 Å². The van der Waals surface area contributed by atoms with Gasteiger partial charge in [0.1, 0.15) is 6.10 Å². The molecule has 5 unspecified atom stereocenters. The molecule has 0 aliphatic carbocycles. The molecule has 3 N–H and O–H groups in total. The van der Waals surface area contributed by atoms with Crippen LogP contribution in [0.15, 0.2) is 12.2 Å². The molecule has 0 spiro atoms. The first kappa shape index (κ1) is 18.6. The van der Waals surface area contributed by atoms with E-state index in [2.05, 4.69) is 6.58 Å². The van der Waals surface area contributed by atoms with Crippen molar-refractivity contribution in [2.75, 3.05) is 13.2 Å². The van der Waals surface area contributed by atoms with E-state index in [0.717, 1.165) is 5.57 Å². The van der Waals surface area contributed by atoms with E-state index >= 15 is 0 Å². The first-order valence-corrected chi connectivity index (χ1v) is 7.73. The minimum Gasteiger partial charge on any atom is -0.396 e. The molecule has 21 heavy (non-hydrogen) atoms. The van der Waals surface area contributed by atoms with Gasteiger partial charge in [-0.05, 0) is 26.7 Å². The monoisotopic (exact) mass is 302 g/mol.